The minimum Gasteiger partial charge on any atom is -0.320 e. The number of halogens is 1. The third kappa shape index (κ3) is 3.53. The summed E-state index contributed by atoms with van der Waals surface area (Å²) in [7, 11) is 0. The van der Waals surface area contributed by atoms with Crippen molar-refractivity contribution in [3.8, 4) is 0 Å². The maximum Gasteiger partial charge on any atom is 0.267 e. The molecule has 0 unspecified atom stereocenters. The van der Waals surface area contributed by atoms with Gasteiger partial charge in [0, 0.05) is 12.6 Å². The van der Waals surface area contributed by atoms with E-state index in [4.69, 9.17) is 0 Å². The van der Waals surface area contributed by atoms with E-state index >= 15 is 0 Å². The first-order chi connectivity index (χ1) is 10.7. The molecule has 0 fully saturated rings. The summed E-state index contributed by atoms with van der Waals surface area (Å²) in [6.07, 6.45) is 5.35. The standard InChI is InChI=1S/C16H12FN3OS/c17-12-5-3-11(4-6-12)8-15-19-10-14(22-15)16(21)20-13-2-1-7-18-9-13/h1-7,9-10H,8H2,(H,20,21). The van der Waals surface area contributed by atoms with Gasteiger partial charge in [-0.05, 0) is 29.8 Å². The number of carbonyl (C=O) groups excluding carboxylic acids is 1. The van der Waals surface area contributed by atoms with Gasteiger partial charge < -0.3 is 5.32 Å². The number of nitrogens with one attached hydrogen (secondary N) is 1. The molecule has 1 aromatic carbocycles. The Morgan fingerprint density at radius 3 is 2.73 bits per heavy atom. The first-order valence-electron chi connectivity index (χ1n) is 6.61. The molecule has 6 heteroatoms. The summed E-state index contributed by atoms with van der Waals surface area (Å²) in [5.74, 6) is -0.477. The van der Waals surface area contributed by atoms with Crippen LogP contribution in [0, 0.1) is 5.82 Å². The monoisotopic (exact) mass is 313 g/mol. The second-order valence-electron chi connectivity index (χ2n) is 4.62. The zero-order valence-electron chi connectivity index (χ0n) is 11.5. The highest BCUT2D eigenvalue weighted by molar-refractivity contribution is 7.13. The maximum atomic E-state index is 12.9. The van der Waals surface area contributed by atoms with Crippen LogP contribution in [0.3, 0.4) is 0 Å². The normalized spacial score (nSPS) is 10.4. The molecule has 0 radical (unpaired) electrons. The van der Waals surface area contributed by atoms with Crippen LogP contribution in [0.4, 0.5) is 10.1 Å². The largest absolute Gasteiger partial charge is 0.320 e. The van der Waals surface area contributed by atoms with Crippen molar-refractivity contribution in [2.45, 2.75) is 6.42 Å². The zero-order chi connectivity index (χ0) is 15.4. The second kappa shape index (κ2) is 6.44. The fraction of sp³-hybridized carbons (Fsp3) is 0.0625. The molecule has 4 nitrogen and oxygen atoms in total. The number of aromatic nitrogens is 2. The Morgan fingerprint density at radius 1 is 1.18 bits per heavy atom. The van der Waals surface area contributed by atoms with Crippen molar-refractivity contribution in [3.05, 3.63) is 76.3 Å². The Morgan fingerprint density at radius 2 is 2.00 bits per heavy atom. The summed E-state index contributed by atoms with van der Waals surface area (Å²) >= 11 is 1.32. The molecule has 2 aromatic heterocycles. The van der Waals surface area contributed by atoms with Gasteiger partial charge >= 0.3 is 0 Å². The summed E-state index contributed by atoms with van der Waals surface area (Å²) in [6, 6.07) is 9.78. The quantitative estimate of drug-likeness (QED) is 0.802. The summed E-state index contributed by atoms with van der Waals surface area (Å²) in [5.41, 5.74) is 1.59. The van der Waals surface area contributed by atoms with E-state index in [0.29, 0.717) is 17.0 Å². The molecule has 1 amide bonds. The van der Waals surface area contributed by atoms with Gasteiger partial charge in [-0.25, -0.2) is 9.37 Å². The van der Waals surface area contributed by atoms with Crippen LogP contribution in [-0.2, 0) is 6.42 Å². The molecule has 2 heterocycles. The number of rotatable bonds is 4. The Bertz CT molecular complexity index is 772. The minimum absolute atomic E-state index is 0.212. The van der Waals surface area contributed by atoms with E-state index in [9.17, 15) is 9.18 Å². The summed E-state index contributed by atoms with van der Waals surface area (Å²) in [5, 5.41) is 3.57. The van der Waals surface area contributed by atoms with Gasteiger partial charge in [-0.3, -0.25) is 9.78 Å². The van der Waals surface area contributed by atoms with Crippen LogP contribution >= 0.6 is 11.3 Å². The lowest BCUT2D eigenvalue weighted by Crippen LogP contribution is -2.10. The van der Waals surface area contributed by atoms with E-state index in [1.165, 1.54) is 23.5 Å². The summed E-state index contributed by atoms with van der Waals surface area (Å²) in [6.45, 7) is 0. The smallest absolute Gasteiger partial charge is 0.267 e. The van der Waals surface area contributed by atoms with Crippen LogP contribution in [0.1, 0.15) is 20.2 Å². The molecular formula is C16H12FN3OS. The van der Waals surface area contributed by atoms with E-state index in [-0.39, 0.29) is 11.7 Å². The number of nitrogens with zero attached hydrogens (tertiary/aromatic N) is 2. The lowest BCUT2D eigenvalue weighted by Gasteiger charge is -2.01. The molecule has 0 saturated heterocycles. The highest BCUT2D eigenvalue weighted by atomic mass is 32.1. The molecule has 0 saturated carbocycles. The van der Waals surface area contributed by atoms with Crippen LogP contribution in [0.2, 0.25) is 0 Å². The number of benzene rings is 1. The van der Waals surface area contributed by atoms with Crippen molar-refractivity contribution in [2.75, 3.05) is 5.32 Å². The molecule has 3 aromatic rings. The fourth-order valence-electron chi connectivity index (χ4n) is 1.90. The third-order valence-electron chi connectivity index (χ3n) is 2.97. The molecule has 22 heavy (non-hydrogen) atoms. The topological polar surface area (TPSA) is 54.9 Å². The predicted molar refractivity (Wildman–Crippen MR) is 83.5 cm³/mol. The van der Waals surface area contributed by atoms with Crippen LogP contribution in [-0.4, -0.2) is 15.9 Å². The van der Waals surface area contributed by atoms with E-state index in [0.717, 1.165) is 10.6 Å². The van der Waals surface area contributed by atoms with Gasteiger partial charge in [0.15, 0.2) is 0 Å². The molecule has 110 valence electrons. The summed E-state index contributed by atoms with van der Waals surface area (Å²) < 4.78 is 12.9. The van der Waals surface area contributed by atoms with Gasteiger partial charge in [0.2, 0.25) is 0 Å². The van der Waals surface area contributed by atoms with E-state index in [1.54, 1.807) is 42.9 Å². The number of carbonyl (C=O) groups is 1. The average Bonchev–Trinajstić information content (AvgIpc) is 2.99. The molecule has 0 aliphatic heterocycles. The van der Waals surface area contributed by atoms with E-state index in [2.05, 4.69) is 15.3 Å². The van der Waals surface area contributed by atoms with Crippen molar-refractivity contribution in [3.63, 3.8) is 0 Å². The highest BCUT2D eigenvalue weighted by Gasteiger charge is 2.11. The van der Waals surface area contributed by atoms with Crippen molar-refractivity contribution < 1.29 is 9.18 Å². The first-order valence-corrected chi connectivity index (χ1v) is 7.43. The Kier molecular flexibility index (Phi) is 4.20. The SMILES string of the molecule is O=C(Nc1cccnc1)c1cnc(Cc2ccc(F)cc2)s1. The van der Waals surface area contributed by atoms with Gasteiger partial charge in [-0.15, -0.1) is 11.3 Å². The second-order valence-corrected chi connectivity index (χ2v) is 5.73. The number of thiazole rings is 1. The zero-order valence-corrected chi connectivity index (χ0v) is 12.3. The van der Waals surface area contributed by atoms with Crippen molar-refractivity contribution >= 4 is 22.9 Å². The Labute approximate surface area is 130 Å². The molecule has 0 spiro atoms. The van der Waals surface area contributed by atoms with Gasteiger partial charge in [0.1, 0.15) is 10.7 Å². The Hall–Kier alpha value is -2.60. The number of hydrogen-bond acceptors (Lipinski definition) is 4. The lowest BCUT2D eigenvalue weighted by atomic mass is 10.2. The number of amides is 1. The van der Waals surface area contributed by atoms with Crippen molar-refractivity contribution in [1.29, 1.82) is 0 Å². The van der Waals surface area contributed by atoms with E-state index in [1.807, 2.05) is 0 Å². The molecule has 0 aliphatic rings. The Balaban J connectivity index is 1.68. The van der Waals surface area contributed by atoms with Crippen LogP contribution in [0.15, 0.2) is 55.0 Å². The molecule has 0 atom stereocenters. The number of pyridine rings is 1. The minimum atomic E-state index is -0.264. The highest BCUT2D eigenvalue weighted by Crippen LogP contribution is 2.18. The first kappa shape index (κ1) is 14.3. The number of hydrogen-bond donors (Lipinski definition) is 1. The van der Waals surface area contributed by atoms with Gasteiger partial charge in [0.05, 0.1) is 23.1 Å². The van der Waals surface area contributed by atoms with Crippen molar-refractivity contribution in [2.24, 2.45) is 0 Å². The van der Waals surface area contributed by atoms with Gasteiger partial charge in [0.25, 0.3) is 5.91 Å². The van der Waals surface area contributed by atoms with Gasteiger partial charge in [-0.2, -0.15) is 0 Å². The fourth-order valence-corrected chi connectivity index (χ4v) is 2.75. The lowest BCUT2D eigenvalue weighted by molar-refractivity contribution is 0.103. The summed E-state index contributed by atoms with van der Waals surface area (Å²) in [4.78, 5) is 20.8. The van der Waals surface area contributed by atoms with Crippen LogP contribution < -0.4 is 5.32 Å². The molecule has 0 aliphatic carbocycles. The molecule has 0 bridgehead atoms. The predicted octanol–water partition coefficient (Wildman–Crippen LogP) is 3.52. The molecule has 1 N–H and O–H groups in total. The number of anilines is 1. The molecule has 3 rings (SSSR count). The van der Waals surface area contributed by atoms with Crippen LogP contribution in [0.25, 0.3) is 0 Å². The van der Waals surface area contributed by atoms with Crippen molar-refractivity contribution in [1.82, 2.24) is 9.97 Å². The average molecular weight is 313 g/mol. The maximum absolute atomic E-state index is 12.9. The van der Waals surface area contributed by atoms with Gasteiger partial charge in [-0.1, -0.05) is 12.1 Å². The van der Waals surface area contributed by atoms with Crippen LogP contribution in [0.5, 0.6) is 0 Å². The third-order valence-corrected chi connectivity index (χ3v) is 3.96. The van der Waals surface area contributed by atoms with E-state index < -0.39 is 0 Å². The molecular weight excluding hydrogens is 301 g/mol.